The molecule has 0 unspecified atom stereocenters. The highest BCUT2D eigenvalue weighted by molar-refractivity contribution is 6.17. The first-order valence-corrected chi connectivity index (χ1v) is 8.46. The van der Waals surface area contributed by atoms with Crippen molar-refractivity contribution in [1.82, 2.24) is 9.55 Å². The molecule has 3 aromatic rings. The van der Waals surface area contributed by atoms with E-state index in [4.69, 9.17) is 16.6 Å². The highest BCUT2D eigenvalue weighted by Gasteiger charge is 2.10. The molecule has 0 spiro atoms. The van der Waals surface area contributed by atoms with Crippen LogP contribution in [0.5, 0.6) is 0 Å². The van der Waals surface area contributed by atoms with Crippen LogP contribution in [0.25, 0.3) is 11.0 Å². The highest BCUT2D eigenvalue weighted by atomic mass is 35.5. The summed E-state index contributed by atoms with van der Waals surface area (Å²) in [5, 5.41) is 0. The number of fused-ring (bicyclic) bond motifs is 1. The van der Waals surface area contributed by atoms with Crippen LogP contribution >= 0.6 is 11.6 Å². The molecule has 0 bridgehead atoms. The standard InChI is InChI=1S/C19H21ClN2/c20-13-7-2-8-14-22-18-12-6-5-11-17(18)21-19(22)15-16-9-3-1-4-10-16/h1,3-6,9-12H,2,7-8,13-15H2. The molecule has 1 aromatic heterocycles. The highest BCUT2D eigenvalue weighted by Crippen LogP contribution is 2.19. The van der Waals surface area contributed by atoms with Gasteiger partial charge in [-0.15, -0.1) is 11.6 Å². The van der Waals surface area contributed by atoms with Gasteiger partial charge in [-0.2, -0.15) is 0 Å². The van der Waals surface area contributed by atoms with Crippen molar-refractivity contribution in [2.24, 2.45) is 0 Å². The van der Waals surface area contributed by atoms with Crippen LogP contribution in [0.4, 0.5) is 0 Å². The lowest BCUT2D eigenvalue weighted by Crippen LogP contribution is -2.05. The molecule has 0 radical (unpaired) electrons. The van der Waals surface area contributed by atoms with Gasteiger partial charge in [0, 0.05) is 18.8 Å². The molecule has 114 valence electrons. The van der Waals surface area contributed by atoms with Gasteiger partial charge in [0.2, 0.25) is 0 Å². The Kier molecular flexibility index (Phi) is 5.12. The lowest BCUT2D eigenvalue weighted by atomic mass is 10.1. The van der Waals surface area contributed by atoms with Gasteiger partial charge in [-0.25, -0.2) is 4.98 Å². The summed E-state index contributed by atoms with van der Waals surface area (Å²) in [6, 6.07) is 19.0. The molecule has 0 saturated carbocycles. The Bertz CT molecular complexity index is 719. The second kappa shape index (κ2) is 7.46. The fraction of sp³-hybridized carbons (Fsp3) is 0.316. The maximum Gasteiger partial charge on any atom is 0.114 e. The van der Waals surface area contributed by atoms with Crippen molar-refractivity contribution in [1.29, 1.82) is 0 Å². The predicted octanol–water partition coefficient (Wildman–Crippen LogP) is 5.04. The number of rotatable bonds is 7. The predicted molar refractivity (Wildman–Crippen MR) is 93.6 cm³/mol. The molecule has 0 amide bonds. The fourth-order valence-corrected chi connectivity index (χ4v) is 3.02. The summed E-state index contributed by atoms with van der Waals surface area (Å²) in [5.41, 5.74) is 3.63. The molecule has 1 heterocycles. The van der Waals surface area contributed by atoms with Crippen molar-refractivity contribution in [2.75, 3.05) is 5.88 Å². The van der Waals surface area contributed by atoms with Gasteiger partial charge >= 0.3 is 0 Å². The Morgan fingerprint density at radius 3 is 2.45 bits per heavy atom. The molecule has 0 aliphatic heterocycles. The summed E-state index contributed by atoms with van der Waals surface area (Å²) >= 11 is 5.78. The van der Waals surface area contributed by atoms with Gasteiger partial charge in [-0.1, -0.05) is 48.9 Å². The summed E-state index contributed by atoms with van der Waals surface area (Å²) in [7, 11) is 0. The van der Waals surface area contributed by atoms with Gasteiger partial charge in [0.25, 0.3) is 0 Å². The number of aryl methyl sites for hydroxylation is 1. The van der Waals surface area contributed by atoms with Crippen molar-refractivity contribution < 1.29 is 0 Å². The molecule has 22 heavy (non-hydrogen) atoms. The van der Waals surface area contributed by atoms with Crippen molar-refractivity contribution >= 4 is 22.6 Å². The normalized spacial score (nSPS) is 11.1. The van der Waals surface area contributed by atoms with E-state index in [1.54, 1.807) is 0 Å². The maximum absolute atomic E-state index is 5.78. The van der Waals surface area contributed by atoms with E-state index in [9.17, 15) is 0 Å². The van der Waals surface area contributed by atoms with Gasteiger partial charge in [-0.3, -0.25) is 0 Å². The molecular formula is C19H21ClN2. The molecule has 0 aliphatic carbocycles. The van der Waals surface area contributed by atoms with Crippen LogP contribution < -0.4 is 0 Å². The third-order valence-electron chi connectivity index (χ3n) is 3.95. The number of aromatic nitrogens is 2. The van der Waals surface area contributed by atoms with E-state index in [1.807, 2.05) is 0 Å². The Labute approximate surface area is 136 Å². The third-order valence-corrected chi connectivity index (χ3v) is 4.22. The van der Waals surface area contributed by atoms with Gasteiger partial charge in [0.05, 0.1) is 11.0 Å². The van der Waals surface area contributed by atoms with Crippen LogP contribution in [0.15, 0.2) is 54.6 Å². The molecule has 0 saturated heterocycles. The van der Waals surface area contributed by atoms with E-state index in [2.05, 4.69) is 59.2 Å². The Balaban J connectivity index is 1.87. The lowest BCUT2D eigenvalue weighted by molar-refractivity contribution is 0.597. The minimum atomic E-state index is 0.752. The SMILES string of the molecule is ClCCCCCn1c(Cc2ccccc2)nc2ccccc21. The van der Waals surface area contributed by atoms with E-state index in [1.165, 1.54) is 17.5 Å². The number of hydrogen-bond acceptors (Lipinski definition) is 1. The fourth-order valence-electron chi connectivity index (χ4n) is 2.83. The van der Waals surface area contributed by atoms with Crippen LogP contribution in [0.1, 0.15) is 30.7 Å². The van der Waals surface area contributed by atoms with E-state index in [0.29, 0.717) is 0 Å². The molecule has 0 fully saturated rings. The van der Waals surface area contributed by atoms with Gasteiger partial charge in [0.1, 0.15) is 5.82 Å². The largest absolute Gasteiger partial charge is 0.328 e. The second-order valence-corrected chi connectivity index (χ2v) is 5.96. The topological polar surface area (TPSA) is 17.8 Å². The smallest absolute Gasteiger partial charge is 0.114 e. The minimum Gasteiger partial charge on any atom is -0.328 e. The van der Waals surface area contributed by atoms with Crippen LogP contribution in [0, 0.1) is 0 Å². The minimum absolute atomic E-state index is 0.752. The number of alkyl halides is 1. The van der Waals surface area contributed by atoms with Gasteiger partial charge < -0.3 is 4.57 Å². The van der Waals surface area contributed by atoms with Crippen LogP contribution in [-0.2, 0) is 13.0 Å². The summed E-state index contributed by atoms with van der Waals surface area (Å²) in [5.74, 6) is 1.90. The van der Waals surface area contributed by atoms with Crippen molar-refractivity contribution in [3.8, 4) is 0 Å². The Morgan fingerprint density at radius 1 is 0.864 bits per heavy atom. The molecule has 0 aliphatic rings. The van der Waals surface area contributed by atoms with Crippen molar-refractivity contribution in [3.63, 3.8) is 0 Å². The van der Waals surface area contributed by atoms with E-state index in [0.717, 1.165) is 43.0 Å². The van der Waals surface area contributed by atoms with Crippen molar-refractivity contribution in [3.05, 3.63) is 66.0 Å². The summed E-state index contributed by atoms with van der Waals surface area (Å²) in [6.07, 6.45) is 4.28. The van der Waals surface area contributed by atoms with Crippen LogP contribution in [-0.4, -0.2) is 15.4 Å². The average Bonchev–Trinajstić information content (AvgIpc) is 2.90. The molecule has 2 aromatic carbocycles. The summed E-state index contributed by atoms with van der Waals surface area (Å²) < 4.78 is 2.37. The summed E-state index contributed by atoms with van der Waals surface area (Å²) in [4.78, 5) is 4.84. The van der Waals surface area contributed by atoms with Crippen LogP contribution in [0.2, 0.25) is 0 Å². The number of nitrogens with zero attached hydrogens (tertiary/aromatic N) is 2. The first-order valence-electron chi connectivity index (χ1n) is 7.92. The molecule has 2 nitrogen and oxygen atoms in total. The zero-order valence-electron chi connectivity index (χ0n) is 12.7. The third kappa shape index (κ3) is 3.50. The lowest BCUT2D eigenvalue weighted by Gasteiger charge is -2.09. The Hall–Kier alpha value is -1.80. The van der Waals surface area contributed by atoms with Gasteiger partial charge in [0.15, 0.2) is 0 Å². The number of halogens is 1. The first kappa shape index (κ1) is 15.1. The number of hydrogen-bond donors (Lipinski definition) is 0. The summed E-state index contributed by atoms with van der Waals surface area (Å²) in [6.45, 7) is 1.01. The van der Waals surface area contributed by atoms with Crippen LogP contribution in [0.3, 0.4) is 0 Å². The van der Waals surface area contributed by atoms with E-state index >= 15 is 0 Å². The van der Waals surface area contributed by atoms with Gasteiger partial charge in [-0.05, 0) is 30.5 Å². The zero-order chi connectivity index (χ0) is 15.2. The molecule has 3 rings (SSSR count). The van der Waals surface area contributed by atoms with Crippen molar-refractivity contribution in [2.45, 2.75) is 32.2 Å². The number of unbranched alkanes of at least 4 members (excludes halogenated alkanes) is 2. The molecule has 3 heteroatoms. The number of para-hydroxylation sites is 2. The number of imidazole rings is 1. The second-order valence-electron chi connectivity index (χ2n) is 5.58. The quantitative estimate of drug-likeness (QED) is 0.441. The number of benzene rings is 2. The maximum atomic E-state index is 5.78. The average molecular weight is 313 g/mol. The first-order chi connectivity index (χ1) is 10.9. The monoisotopic (exact) mass is 312 g/mol. The van der Waals surface area contributed by atoms with E-state index < -0.39 is 0 Å². The Morgan fingerprint density at radius 2 is 1.64 bits per heavy atom. The molecular weight excluding hydrogens is 292 g/mol. The van der Waals surface area contributed by atoms with E-state index in [-0.39, 0.29) is 0 Å². The zero-order valence-corrected chi connectivity index (χ0v) is 13.5. The molecule has 0 N–H and O–H groups in total. The molecule has 0 atom stereocenters.